The molecule has 0 aromatic heterocycles. The summed E-state index contributed by atoms with van der Waals surface area (Å²) < 4.78 is 54.1. The average molecular weight is 863 g/mol. The molecule has 2 aromatic carbocycles. The highest BCUT2D eigenvalue weighted by molar-refractivity contribution is 6.76. The highest BCUT2D eigenvalue weighted by Crippen LogP contribution is 2.36. The fourth-order valence-electron chi connectivity index (χ4n) is 5.81. The van der Waals surface area contributed by atoms with Crippen molar-refractivity contribution in [1.82, 2.24) is 5.32 Å². The van der Waals surface area contributed by atoms with E-state index in [1.165, 1.54) is 24.3 Å². The van der Waals surface area contributed by atoms with Crippen LogP contribution in [0.2, 0.25) is 0 Å². The van der Waals surface area contributed by atoms with Gasteiger partial charge in [0.25, 0.3) is 9.70 Å². The van der Waals surface area contributed by atoms with E-state index in [1.54, 1.807) is 36.4 Å². The maximum absolute atomic E-state index is 13.7. The third-order valence-corrected chi connectivity index (χ3v) is 8.73. The quantitative estimate of drug-likeness (QED) is 0.173. The van der Waals surface area contributed by atoms with Gasteiger partial charge in [-0.25, -0.2) is 14.4 Å². The van der Waals surface area contributed by atoms with Crippen LogP contribution >= 0.6 is 34.8 Å². The number of amides is 1. The normalized spacial score (nSPS) is 27.2. The lowest BCUT2D eigenvalue weighted by molar-refractivity contribution is -0.338. The number of nitrogens with one attached hydrogen (secondary N) is 1. The van der Waals surface area contributed by atoms with Crippen LogP contribution in [0.25, 0.3) is 0 Å². The number of carbonyl (C=O) groups is 7. The van der Waals surface area contributed by atoms with E-state index in [2.05, 4.69) is 5.32 Å². The molecule has 2 saturated heterocycles. The summed E-state index contributed by atoms with van der Waals surface area (Å²) in [6.45, 7) is 2.41. The number of methoxy groups -OCH3 is 2. The van der Waals surface area contributed by atoms with E-state index in [4.69, 9.17) is 82.2 Å². The fourth-order valence-corrected chi connectivity index (χ4v) is 5.97. The molecule has 18 nitrogen and oxygen atoms in total. The molecule has 0 spiro atoms. The predicted molar refractivity (Wildman–Crippen MR) is 192 cm³/mol. The van der Waals surface area contributed by atoms with E-state index >= 15 is 0 Å². The molecule has 57 heavy (non-hydrogen) atoms. The molecule has 0 bridgehead atoms. The van der Waals surface area contributed by atoms with Crippen molar-refractivity contribution in [2.24, 2.45) is 0 Å². The van der Waals surface area contributed by atoms with Gasteiger partial charge in [-0.05, 0) is 24.3 Å². The topological polar surface area (TPSA) is 224 Å². The lowest BCUT2D eigenvalue weighted by Crippen LogP contribution is -2.70. The van der Waals surface area contributed by atoms with E-state index in [9.17, 15) is 33.6 Å². The lowest BCUT2D eigenvalue weighted by atomic mass is 9.94. The Morgan fingerprint density at radius 2 is 1.18 bits per heavy atom. The molecule has 2 fully saturated rings. The second-order valence-corrected chi connectivity index (χ2v) is 14.5. The molecule has 0 saturated carbocycles. The Morgan fingerprint density at radius 3 is 1.65 bits per heavy atom. The molecule has 2 aliphatic rings. The Kier molecular flexibility index (Phi) is 16.0. The zero-order valence-electron chi connectivity index (χ0n) is 30.8. The van der Waals surface area contributed by atoms with Crippen LogP contribution in [0.15, 0.2) is 60.7 Å². The zero-order chi connectivity index (χ0) is 42.0. The smallest absolute Gasteiger partial charge is 0.338 e. The maximum atomic E-state index is 13.7. The summed E-state index contributed by atoms with van der Waals surface area (Å²) in [5.41, 5.74) is 0.0778. The molecule has 0 aliphatic carbocycles. The first-order valence-corrected chi connectivity index (χ1v) is 18.0. The van der Waals surface area contributed by atoms with Crippen molar-refractivity contribution in [3.63, 3.8) is 0 Å². The van der Waals surface area contributed by atoms with Gasteiger partial charge in [-0.2, -0.15) is 0 Å². The van der Waals surface area contributed by atoms with Crippen molar-refractivity contribution in [2.75, 3.05) is 20.8 Å². The van der Waals surface area contributed by atoms with Gasteiger partial charge >= 0.3 is 35.8 Å². The molecule has 10 atom stereocenters. The van der Waals surface area contributed by atoms with E-state index < -0.39 is 113 Å². The minimum absolute atomic E-state index is 0.0155. The van der Waals surface area contributed by atoms with Gasteiger partial charge in [0.1, 0.15) is 24.9 Å². The van der Waals surface area contributed by atoms with Gasteiger partial charge < -0.3 is 52.7 Å². The highest BCUT2D eigenvalue weighted by atomic mass is 35.6. The number of rotatable bonds is 13. The molecule has 2 aromatic rings. The highest BCUT2D eigenvalue weighted by Gasteiger charge is 2.59. The zero-order valence-corrected chi connectivity index (χ0v) is 33.1. The van der Waals surface area contributed by atoms with Crippen molar-refractivity contribution >= 4 is 76.5 Å². The Balaban J connectivity index is 1.91. The molecule has 2 heterocycles. The predicted octanol–water partition coefficient (Wildman–Crippen LogP) is 2.37. The lowest BCUT2D eigenvalue weighted by Gasteiger charge is -2.48. The van der Waals surface area contributed by atoms with Crippen LogP contribution in [-0.2, 0) is 71.3 Å². The Labute approximate surface area is 340 Å². The van der Waals surface area contributed by atoms with E-state index in [1.807, 2.05) is 0 Å². The largest absolute Gasteiger partial charge is 0.467 e. The van der Waals surface area contributed by atoms with Gasteiger partial charge in [0.05, 0.1) is 18.2 Å². The first-order valence-electron chi connectivity index (χ1n) is 16.9. The van der Waals surface area contributed by atoms with Crippen molar-refractivity contribution in [3.8, 4) is 0 Å². The average Bonchev–Trinajstić information content (AvgIpc) is 3.16. The first kappa shape index (κ1) is 45.1. The summed E-state index contributed by atoms with van der Waals surface area (Å²) in [4.78, 5) is 90.7. The molecule has 21 heteroatoms. The third-order valence-electron chi connectivity index (χ3n) is 8.21. The van der Waals surface area contributed by atoms with Crippen molar-refractivity contribution in [2.45, 2.75) is 85.9 Å². The van der Waals surface area contributed by atoms with Gasteiger partial charge in [-0.1, -0.05) is 71.2 Å². The molecule has 4 rings (SSSR count). The Bertz CT molecular complexity index is 1760. The van der Waals surface area contributed by atoms with Crippen molar-refractivity contribution in [1.29, 1.82) is 0 Å². The van der Waals surface area contributed by atoms with Crippen LogP contribution in [0, 0.1) is 0 Å². The molecule has 2 aliphatic heterocycles. The van der Waals surface area contributed by atoms with Crippen LogP contribution in [-0.4, -0.2) is 128 Å². The number of hydrogen-bond donors (Lipinski definition) is 1. The summed E-state index contributed by atoms with van der Waals surface area (Å²) in [7, 11) is 2.17. The van der Waals surface area contributed by atoms with Gasteiger partial charge in [0.15, 0.2) is 43.1 Å². The molecule has 1 amide bonds. The fraction of sp³-hybridized carbons (Fsp3) is 0.472. The minimum Gasteiger partial charge on any atom is -0.467 e. The number of esters is 6. The third kappa shape index (κ3) is 12.0. The molecule has 0 radical (unpaired) electrons. The van der Waals surface area contributed by atoms with E-state index in [0.717, 1.165) is 35.0 Å². The number of hydrogen-bond acceptors (Lipinski definition) is 17. The second kappa shape index (κ2) is 20.2. The summed E-state index contributed by atoms with van der Waals surface area (Å²) in [6, 6.07) is 13.4. The number of alkyl halides is 3. The maximum Gasteiger partial charge on any atom is 0.338 e. The van der Waals surface area contributed by atoms with Gasteiger partial charge in [0, 0.05) is 27.9 Å². The van der Waals surface area contributed by atoms with Crippen LogP contribution in [0.1, 0.15) is 41.5 Å². The minimum atomic E-state index is -2.66. The Hall–Kier alpha value is -4.56. The second-order valence-electron chi connectivity index (χ2n) is 12.2. The number of carbonyl (C=O) groups excluding carboxylic acids is 7. The number of benzene rings is 2. The molecule has 1 N–H and O–H groups in total. The number of halogens is 3. The van der Waals surface area contributed by atoms with Crippen molar-refractivity contribution < 1.29 is 80.9 Å². The first-order chi connectivity index (χ1) is 26.9. The van der Waals surface area contributed by atoms with E-state index in [0.29, 0.717) is 0 Å². The van der Waals surface area contributed by atoms with Crippen LogP contribution in [0.4, 0.5) is 0 Å². The van der Waals surface area contributed by atoms with Gasteiger partial charge in [-0.15, -0.1) is 0 Å². The van der Waals surface area contributed by atoms with Gasteiger partial charge in [-0.3, -0.25) is 19.2 Å². The molecular weight excluding hydrogens is 825 g/mol. The standard InChI is InChI=1S/C36H38Cl3NO17/c1-17(41)50-16-22-24(51-18(2)42)25(52-19(3)43)23(40-35(47)36(37,38)39)33(53-22)56-26-27(54-30(44)20-12-8-6-9-13-20)29(34(49-5)57-28(26)32(46)48-4)55-31(45)21-14-10-7-11-15-21/h6-15,22-29,33-34H,16H2,1-5H3,(H,40,47)/t22-,23-,24+,25-,26+,27+,28+,29-,33+,34-/m1/s1. The summed E-state index contributed by atoms with van der Waals surface area (Å²) >= 11 is 17.7. The molecular formula is C36H38Cl3NO17. The SMILES string of the molecule is COC(=O)[C@H]1O[C@@H](OC)[C@H](OC(=O)c2ccccc2)[C@@H](OC(=O)c2ccccc2)[C@@H]1O[C@@H]1O[C@H](COC(C)=O)[C@H](OC(C)=O)[C@H](OC(C)=O)[C@H]1NC(=O)C(Cl)(Cl)Cl. The molecule has 0 unspecified atom stereocenters. The summed E-state index contributed by atoms with van der Waals surface area (Å²) in [6.07, 6.45) is -15.9. The van der Waals surface area contributed by atoms with E-state index in [-0.39, 0.29) is 11.1 Å². The van der Waals surface area contributed by atoms with Crippen LogP contribution in [0.5, 0.6) is 0 Å². The monoisotopic (exact) mass is 861 g/mol. The van der Waals surface area contributed by atoms with Crippen LogP contribution < -0.4 is 5.32 Å². The Morgan fingerprint density at radius 1 is 0.649 bits per heavy atom. The summed E-state index contributed by atoms with van der Waals surface area (Å²) in [5, 5.41) is 2.33. The number of ether oxygens (including phenoxy) is 10. The van der Waals surface area contributed by atoms with Gasteiger partial charge in [0.2, 0.25) is 0 Å². The molecule has 310 valence electrons. The van der Waals surface area contributed by atoms with Crippen LogP contribution in [0.3, 0.4) is 0 Å². The summed E-state index contributed by atoms with van der Waals surface area (Å²) in [5.74, 6) is -7.09. The van der Waals surface area contributed by atoms with Crippen molar-refractivity contribution in [3.05, 3.63) is 71.8 Å².